The molecule has 3 N–H and O–H groups in total. The Kier molecular flexibility index (Phi) is 6.71. The highest BCUT2D eigenvalue weighted by atomic mass is 16.2. The van der Waals surface area contributed by atoms with Crippen LogP contribution in [-0.2, 0) is 9.59 Å². The van der Waals surface area contributed by atoms with E-state index in [0.29, 0.717) is 5.56 Å². The fraction of sp³-hybridized carbons (Fsp3) is 0.286. The van der Waals surface area contributed by atoms with Gasteiger partial charge in [0.25, 0.3) is 5.91 Å². The van der Waals surface area contributed by atoms with Gasteiger partial charge in [0.2, 0.25) is 11.8 Å². The van der Waals surface area contributed by atoms with Gasteiger partial charge in [0.15, 0.2) is 0 Å². The van der Waals surface area contributed by atoms with E-state index in [4.69, 9.17) is 0 Å². The van der Waals surface area contributed by atoms with Gasteiger partial charge in [-0.25, -0.2) is 0 Å². The zero-order chi connectivity index (χ0) is 20.0. The van der Waals surface area contributed by atoms with Crippen molar-refractivity contribution in [3.63, 3.8) is 0 Å². The second kappa shape index (κ2) is 8.98. The molecule has 0 saturated heterocycles. The Morgan fingerprint density at radius 1 is 0.778 bits per heavy atom. The van der Waals surface area contributed by atoms with E-state index in [9.17, 15) is 14.4 Å². The number of aryl methyl sites for hydroxylation is 3. The van der Waals surface area contributed by atoms with Crippen LogP contribution in [0.4, 0.5) is 5.69 Å². The second-order valence-electron chi connectivity index (χ2n) is 6.55. The van der Waals surface area contributed by atoms with Crippen molar-refractivity contribution in [3.8, 4) is 0 Å². The molecule has 27 heavy (non-hydrogen) atoms. The van der Waals surface area contributed by atoms with E-state index in [1.165, 1.54) is 0 Å². The summed E-state index contributed by atoms with van der Waals surface area (Å²) in [6.45, 7) is 7.42. The molecule has 0 fully saturated rings. The molecular formula is C21H25N3O3. The lowest BCUT2D eigenvalue weighted by Crippen LogP contribution is -2.40. The van der Waals surface area contributed by atoms with Crippen LogP contribution in [0.15, 0.2) is 36.4 Å². The van der Waals surface area contributed by atoms with Crippen LogP contribution < -0.4 is 16.0 Å². The molecule has 0 atom stereocenters. The third-order valence-corrected chi connectivity index (χ3v) is 4.50. The average molecular weight is 367 g/mol. The number of amides is 3. The van der Waals surface area contributed by atoms with E-state index in [1.807, 2.05) is 52.0 Å². The zero-order valence-electron chi connectivity index (χ0n) is 16.1. The standard InChI is InChI=1S/C21H25N3O3/c1-13-8-9-17(10-15(13)3)21(27)23-11-19(25)22-12-20(26)24-18-7-5-6-14(2)16(18)4/h5-10H,11-12H2,1-4H3,(H,22,25)(H,23,27)(H,24,26). The summed E-state index contributed by atoms with van der Waals surface area (Å²) in [6, 6.07) is 11.0. The van der Waals surface area contributed by atoms with Gasteiger partial charge in [-0.3, -0.25) is 14.4 Å². The molecule has 0 unspecified atom stereocenters. The summed E-state index contributed by atoms with van der Waals surface area (Å²) in [5, 5.41) is 7.82. The normalized spacial score (nSPS) is 10.2. The number of carbonyl (C=O) groups is 3. The highest BCUT2D eigenvalue weighted by Gasteiger charge is 2.11. The summed E-state index contributed by atoms with van der Waals surface area (Å²) in [5.74, 6) is -1.08. The van der Waals surface area contributed by atoms with Crippen molar-refractivity contribution >= 4 is 23.4 Å². The van der Waals surface area contributed by atoms with Crippen LogP contribution in [-0.4, -0.2) is 30.8 Å². The lowest BCUT2D eigenvalue weighted by molar-refractivity contribution is -0.123. The molecule has 142 valence electrons. The minimum absolute atomic E-state index is 0.161. The average Bonchev–Trinajstić information content (AvgIpc) is 2.64. The second-order valence-corrected chi connectivity index (χ2v) is 6.55. The molecule has 2 rings (SSSR count). The highest BCUT2D eigenvalue weighted by Crippen LogP contribution is 2.17. The fourth-order valence-corrected chi connectivity index (χ4v) is 2.47. The number of nitrogens with one attached hydrogen (secondary N) is 3. The summed E-state index contributed by atoms with van der Waals surface area (Å²) < 4.78 is 0. The number of rotatable bonds is 6. The minimum Gasteiger partial charge on any atom is -0.345 e. The number of hydrogen-bond donors (Lipinski definition) is 3. The molecule has 0 aliphatic carbocycles. The van der Waals surface area contributed by atoms with E-state index < -0.39 is 5.91 Å². The van der Waals surface area contributed by atoms with Gasteiger partial charge < -0.3 is 16.0 Å². The zero-order valence-corrected chi connectivity index (χ0v) is 16.1. The molecule has 2 aromatic rings. The van der Waals surface area contributed by atoms with Crippen LogP contribution in [0.25, 0.3) is 0 Å². The first-order valence-corrected chi connectivity index (χ1v) is 8.76. The molecule has 0 aliphatic rings. The Morgan fingerprint density at radius 3 is 2.19 bits per heavy atom. The molecule has 0 heterocycles. The monoisotopic (exact) mass is 367 g/mol. The van der Waals surface area contributed by atoms with E-state index in [1.54, 1.807) is 12.1 Å². The SMILES string of the molecule is Cc1ccc(C(=O)NCC(=O)NCC(=O)Nc2cccc(C)c2C)cc1C. The fourth-order valence-electron chi connectivity index (χ4n) is 2.47. The van der Waals surface area contributed by atoms with Crippen molar-refractivity contribution in [2.45, 2.75) is 27.7 Å². The van der Waals surface area contributed by atoms with Gasteiger partial charge in [-0.2, -0.15) is 0 Å². The van der Waals surface area contributed by atoms with Gasteiger partial charge in [0.05, 0.1) is 13.1 Å². The number of benzene rings is 2. The topological polar surface area (TPSA) is 87.3 Å². The van der Waals surface area contributed by atoms with Crippen molar-refractivity contribution < 1.29 is 14.4 Å². The lowest BCUT2D eigenvalue weighted by atomic mass is 10.1. The van der Waals surface area contributed by atoms with Gasteiger partial charge in [-0.15, -0.1) is 0 Å². The molecular weight excluding hydrogens is 342 g/mol. The van der Waals surface area contributed by atoms with Crippen molar-refractivity contribution in [2.24, 2.45) is 0 Å². The van der Waals surface area contributed by atoms with Crippen LogP contribution in [0.3, 0.4) is 0 Å². The molecule has 6 nitrogen and oxygen atoms in total. The molecule has 2 aromatic carbocycles. The molecule has 0 radical (unpaired) electrons. The Labute approximate surface area is 159 Å². The quantitative estimate of drug-likeness (QED) is 0.733. The van der Waals surface area contributed by atoms with Gasteiger partial charge in [0, 0.05) is 11.3 Å². The number of hydrogen-bond acceptors (Lipinski definition) is 3. The van der Waals surface area contributed by atoms with E-state index >= 15 is 0 Å². The Balaban J connectivity index is 1.78. The third-order valence-electron chi connectivity index (χ3n) is 4.50. The molecule has 3 amide bonds. The van der Waals surface area contributed by atoms with Crippen molar-refractivity contribution in [1.29, 1.82) is 0 Å². The Bertz CT molecular complexity index is 875. The molecule has 0 aromatic heterocycles. The maximum absolute atomic E-state index is 12.1. The van der Waals surface area contributed by atoms with Gasteiger partial charge in [-0.05, 0) is 68.1 Å². The van der Waals surface area contributed by atoms with E-state index in [2.05, 4.69) is 16.0 Å². The van der Waals surface area contributed by atoms with Gasteiger partial charge in [-0.1, -0.05) is 18.2 Å². The third kappa shape index (κ3) is 5.67. The minimum atomic E-state index is -0.428. The lowest BCUT2D eigenvalue weighted by Gasteiger charge is -2.11. The molecule has 0 saturated carbocycles. The van der Waals surface area contributed by atoms with Gasteiger partial charge in [0.1, 0.15) is 0 Å². The summed E-state index contributed by atoms with van der Waals surface area (Å²) in [4.78, 5) is 36.0. The van der Waals surface area contributed by atoms with Crippen LogP contribution in [0.1, 0.15) is 32.6 Å². The Morgan fingerprint density at radius 2 is 1.48 bits per heavy atom. The summed E-state index contributed by atoms with van der Waals surface area (Å²) in [7, 11) is 0. The van der Waals surface area contributed by atoms with E-state index in [0.717, 1.165) is 27.9 Å². The van der Waals surface area contributed by atoms with E-state index in [-0.39, 0.29) is 24.9 Å². The van der Waals surface area contributed by atoms with Gasteiger partial charge >= 0.3 is 0 Å². The predicted octanol–water partition coefficient (Wildman–Crippen LogP) is 2.40. The maximum atomic E-state index is 12.1. The molecule has 0 spiro atoms. The molecule has 6 heteroatoms. The van der Waals surface area contributed by atoms with Crippen LogP contribution in [0, 0.1) is 27.7 Å². The van der Waals surface area contributed by atoms with Crippen molar-refractivity contribution in [3.05, 3.63) is 64.2 Å². The van der Waals surface area contributed by atoms with Crippen LogP contribution in [0.5, 0.6) is 0 Å². The number of carbonyl (C=O) groups excluding carboxylic acids is 3. The predicted molar refractivity (Wildman–Crippen MR) is 106 cm³/mol. The summed E-state index contributed by atoms with van der Waals surface area (Å²) in [5.41, 5.74) is 5.38. The smallest absolute Gasteiger partial charge is 0.251 e. The number of anilines is 1. The first-order valence-electron chi connectivity index (χ1n) is 8.76. The van der Waals surface area contributed by atoms with Crippen LogP contribution in [0.2, 0.25) is 0 Å². The molecule has 0 bridgehead atoms. The highest BCUT2D eigenvalue weighted by molar-refractivity contribution is 5.98. The van der Waals surface area contributed by atoms with Crippen molar-refractivity contribution in [1.82, 2.24) is 10.6 Å². The van der Waals surface area contributed by atoms with Crippen molar-refractivity contribution in [2.75, 3.05) is 18.4 Å². The maximum Gasteiger partial charge on any atom is 0.251 e. The van der Waals surface area contributed by atoms with Crippen LogP contribution >= 0.6 is 0 Å². The Hall–Kier alpha value is -3.15. The first kappa shape index (κ1) is 20.2. The summed E-state index contributed by atoms with van der Waals surface area (Å²) in [6.07, 6.45) is 0. The summed E-state index contributed by atoms with van der Waals surface area (Å²) >= 11 is 0. The first-order chi connectivity index (χ1) is 12.8. The molecule has 0 aliphatic heterocycles. The largest absolute Gasteiger partial charge is 0.345 e.